The highest BCUT2D eigenvalue weighted by Crippen LogP contribution is 2.23. The van der Waals surface area contributed by atoms with Crippen LogP contribution in [0.4, 0.5) is 0 Å². The van der Waals surface area contributed by atoms with Gasteiger partial charge in [-0.2, -0.15) is 5.10 Å². The second-order valence-electron chi connectivity index (χ2n) is 7.23. The van der Waals surface area contributed by atoms with Gasteiger partial charge < -0.3 is 9.47 Å². The van der Waals surface area contributed by atoms with Crippen LogP contribution in [0.25, 0.3) is 0 Å². The molecule has 1 aliphatic heterocycles. The number of ether oxygens (including phenoxy) is 2. The summed E-state index contributed by atoms with van der Waals surface area (Å²) in [6, 6.07) is 13.0. The van der Waals surface area contributed by atoms with Crippen LogP contribution in [-0.2, 0) is 6.54 Å². The molecule has 0 radical (unpaired) electrons. The number of hydrogen-bond acceptors (Lipinski definition) is 5. The molecule has 0 atom stereocenters. The number of amides is 1. The first-order valence-corrected chi connectivity index (χ1v) is 9.99. The van der Waals surface area contributed by atoms with E-state index in [-0.39, 0.29) is 5.91 Å². The Hall–Kier alpha value is -2.86. The molecule has 1 aliphatic rings. The fourth-order valence-electron chi connectivity index (χ4n) is 3.49. The molecule has 2 aromatic carbocycles. The lowest BCUT2D eigenvalue weighted by atomic mass is 10.0. The van der Waals surface area contributed by atoms with Crippen LogP contribution >= 0.6 is 0 Å². The van der Waals surface area contributed by atoms with E-state index in [4.69, 9.17) is 9.47 Å². The van der Waals surface area contributed by atoms with Crippen molar-refractivity contribution in [2.45, 2.75) is 32.7 Å². The van der Waals surface area contributed by atoms with E-state index in [9.17, 15) is 4.79 Å². The van der Waals surface area contributed by atoms with Gasteiger partial charge in [-0.25, -0.2) is 5.43 Å². The Morgan fingerprint density at radius 3 is 2.34 bits per heavy atom. The summed E-state index contributed by atoms with van der Waals surface area (Å²) >= 11 is 0. The average Bonchev–Trinajstić information content (AvgIpc) is 2.78. The van der Waals surface area contributed by atoms with Gasteiger partial charge in [-0.3, -0.25) is 9.69 Å². The van der Waals surface area contributed by atoms with Gasteiger partial charge in [-0.1, -0.05) is 6.42 Å². The number of piperidine rings is 1. The van der Waals surface area contributed by atoms with Crippen molar-refractivity contribution in [1.29, 1.82) is 0 Å². The first-order valence-electron chi connectivity index (χ1n) is 9.99. The molecule has 6 heteroatoms. The van der Waals surface area contributed by atoms with Crippen LogP contribution in [0.15, 0.2) is 47.6 Å². The zero-order valence-corrected chi connectivity index (χ0v) is 17.4. The molecule has 0 unspecified atom stereocenters. The molecule has 6 nitrogen and oxygen atoms in total. The molecular weight excluding hydrogens is 366 g/mol. The van der Waals surface area contributed by atoms with Gasteiger partial charge in [0, 0.05) is 17.7 Å². The molecule has 29 heavy (non-hydrogen) atoms. The monoisotopic (exact) mass is 395 g/mol. The average molecular weight is 396 g/mol. The van der Waals surface area contributed by atoms with E-state index < -0.39 is 0 Å². The molecule has 0 aromatic heterocycles. The third-order valence-electron chi connectivity index (χ3n) is 5.22. The number of nitrogens with one attached hydrogen (secondary N) is 1. The Morgan fingerprint density at radius 1 is 1.00 bits per heavy atom. The molecule has 154 valence electrons. The third kappa shape index (κ3) is 5.57. The molecule has 3 rings (SSSR count). The highest BCUT2D eigenvalue weighted by atomic mass is 16.5. The maximum Gasteiger partial charge on any atom is 0.271 e. The Bertz CT molecular complexity index is 856. The van der Waals surface area contributed by atoms with Crippen LogP contribution in [0.1, 0.15) is 47.7 Å². The summed E-state index contributed by atoms with van der Waals surface area (Å²) in [4.78, 5) is 14.8. The van der Waals surface area contributed by atoms with E-state index in [0.29, 0.717) is 11.3 Å². The number of likely N-dealkylation sites (tertiary alicyclic amines) is 1. The van der Waals surface area contributed by atoms with Crippen LogP contribution in [0, 0.1) is 0 Å². The Kier molecular flexibility index (Phi) is 7.25. The van der Waals surface area contributed by atoms with Crippen LogP contribution in [0.5, 0.6) is 11.5 Å². The Labute approximate surface area is 172 Å². The van der Waals surface area contributed by atoms with Gasteiger partial charge in [-0.05, 0) is 80.9 Å². The minimum absolute atomic E-state index is 0.256. The van der Waals surface area contributed by atoms with Gasteiger partial charge >= 0.3 is 0 Å². The summed E-state index contributed by atoms with van der Waals surface area (Å²) in [6.45, 7) is 5.00. The van der Waals surface area contributed by atoms with E-state index >= 15 is 0 Å². The molecule has 1 N–H and O–H groups in total. The van der Waals surface area contributed by atoms with E-state index in [0.717, 1.165) is 42.2 Å². The van der Waals surface area contributed by atoms with E-state index in [1.54, 1.807) is 38.5 Å². The van der Waals surface area contributed by atoms with E-state index in [1.807, 2.05) is 19.1 Å². The normalized spacial score (nSPS) is 15.1. The first-order chi connectivity index (χ1) is 14.1. The van der Waals surface area contributed by atoms with Gasteiger partial charge in [0.2, 0.25) is 0 Å². The Balaban J connectivity index is 1.70. The summed E-state index contributed by atoms with van der Waals surface area (Å²) in [7, 11) is 3.29. The molecular formula is C23H29N3O3. The van der Waals surface area contributed by atoms with Gasteiger partial charge in [0.15, 0.2) is 0 Å². The molecule has 1 saturated heterocycles. The van der Waals surface area contributed by atoms with Crippen LogP contribution < -0.4 is 14.9 Å². The zero-order valence-electron chi connectivity index (χ0n) is 17.4. The first kappa shape index (κ1) is 20.9. The summed E-state index contributed by atoms with van der Waals surface area (Å²) in [5, 5.41) is 4.29. The predicted molar refractivity (Wildman–Crippen MR) is 115 cm³/mol. The van der Waals surface area contributed by atoms with Crippen molar-refractivity contribution in [3.63, 3.8) is 0 Å². The topological polar surface area (TPSA) is 63.2 Å². The molecule has 1 heterocycles. The van der Waals surface area contributed by atoms with Crippen LogP contribution in [-0.4, -0.2) is 43.8 Å². The number of methoxy groups -OCH3 is 2. The highest BCUT2D eigenvalue weighted by molar-refractivity contribution is 6.01. The fraction of sp³-hybridized carbons (Fsp3) is 0.391. The summed E-state index contributed by atoms with van der Waals surface area (Å²) in [5.74, 6) is 1.34. The second kappa shape index (κ2) is 10.1. The third-order valence-corrected chi connectivity index (χ3v) is 5.22. The van der Waals surface area contributed by atoms with Gasteiger partial charge in [0.25, 0.3) is 5.91 Å². The smallest absolute Gasteiger partial charge is 0.271 e. The quantitative estimate of drug-likeness (QED) is 0.571. The van der Waals surface area contributed by atoms with Crippen molar-refractivity contribution >= 4 is 11.6 Å². The SMILES string of the molecule is COc1ccc(C(=O)N/N=C(/C)c2ccc(OC)c(CN3CCCCC3)c2)cc1. The van der Waals surface area contributed by atoms with E-state index in [2.05, 4.69) is 21.5 Å². The van der Waals surface area contributed by atoms with Crippen molar-refractivity contribution in [3.05, 3.63) is 59.2 Å². The number of hydrazone groups is 1. The molecule has 0 aliphatic carbocycles. The summed E-state index contributed by atoms with van der Waals surface area (Å²) in [6.07, 6.45) is 3.81. The van der Waals surface area contributed by atoms with Crippen LogP contribution in [0.3, 0.4) is 0 Å². The second-order valence-corrected chi connectivity index (χ2v) is 7.23. The maximum atomic E-state index is 12.3. The minimum atomic E-state index is -0.256. The zero-order chi connectivity index (χ0) is 20.6. The fourth-order valence-corrected chi connectivity index (χ4v) is 3.49. The molecule has 2 aromatic rings. The lowest BCUT2D eigenvalue weighted by molar-refractivity contribution is 0.0955. The molecule has 0 bridgehead atoms. The van der Waals surface area contributed by atoms with E-state index in [1.165, 1.54) is 19.3 Å². The van der Waals surface area contributed by atoms with Crippen molar-refractivity contribution in [1.82, 2.24) is 10.3 Å². The molecule has 1 fully saturated rings. The number of rotatable bonds is 7. The number of carbonyl (C=O) groups is 1. The molecule has 1 amide bonds. The summed E-state index contributed by atoms with van der Waals surface area (Å²) in [5.41, 5.74) is 6.01. The van der Waals surface area contributed by atoms with Crippen molar-refractivity contribution in [3.8, 4) is 11.5 Å². The number of hydrogen-bond donors (Lipinski definition) is 1. The number of benzene rings is 2. The highest BCUT2D eigenvalue weighted by Gasteiger charge is 2.14. The van der Waals surface area contributed by atoms with Gasteiger partial charge in [0.05, 0.1) is 19.9 Å². The van der Waals surface area contributed by atoms with Crippen molar-refractivity contribution < 1.29 is 14.3 Å². The van der Waals surface area contributed by atoms with Gasteiger partial charge in [0.1, 0.15) is 11.5 Å². The Morgan fingerprint density at radius 2 is 1.69 bits per heavy atom. The maximum absolute atomic E-state index is 12.3. The predicted octanol–water partition coefficient (Wildman–Crippen LogP) is 3.84. The lowest BCUT2D eigenvalue weighted by Gasteiger charge is -2.27. The standard InChI is InChI=1S/C23H29N3O3/c1-17(24-25-23(27)18-7-10-21(28-2)11-8-18)19-9-12-22(29-3)20(15-19)16-26-13-5-4-6-14-26/h7-12,15H,4-6,13-14,16H2,1-3H3,(H,25,27)/b24-17-. The largest absolute Gasteiger partial charge is 0.497 e. The molecule has 0 spiro atoms. The number of nitrogens with zero attached hydrogens (tertiary/aromatic N) is 2. The van der Waals surface area contributed by atoms with Gasteiger partial charge in [-0.15, -0.1) is 0 Å². The number of carbonyl (C=O) groups excluding carboxylic acids is 1. The minimum Gasteiger partial charge on any atom is -0.497 e. The lowest BCUT2D eigenvalue weighted by Crippen LogP contribution is -2.29. The van der Waals surface area contributed by atoms with Crippen molar-refractivity contribution in [2.75, 3.05) is 27.3 Å². The van der Waals surface area contributed by atoms with Crippen LogP contribution in [0.2, 0.25) is 0 Å². The molecule has 0 saturated carbocycles. The summed E-state index contributed by atoms with van der Waals surface area (Å²) < 4.78 is 10.7. The van der Waals surface area contributed by atoms with Crippen molar-refractivity contribution in [2.24, 2.45) is 5.10 Å².